The highest BCUT2D eigenvalue weighted by molar-refractivity contribution is 7.90. The molecule has 0 spiro atoms. The summed E-state index contributed by atoms with van der Waals surface area (Å²) in [6.07, 6.45) is 2.19. The van der Waals surface area contributed by atoms with E-state index in [2.05, 4.69) is 4.98 Å². The SMILES string of the molecule is CC(CN(C)CCS(C)(=O)=O)C(=O)c1ccc(F)cn1. The molecule has 0 N–H and O–H groups in total. The fraction of sp³-hybridized carbons (Fsp3) is 0.538. The molecule has 1 unspecified atom stereocenters. The summed E-state index contributed by atoms with van der Waals surface area (Å²) in [6.45, 7) is 2.53. The minimum Gasteiger partial charge on any atom is -0.305 e. The van der Waals surface area contributed by atoms with Crippen LogP contribution in [0.3, 0.4) is 0 Å². The maximum atomic E-state index is 12.7. The third kappa shape index (κ3) is 5.75. The Morgan fingerprint density at radius 2 is 2.10 bits per heavy atom. The number of hydrogen-bond acceptors (Lipinski definition) is 5. The molecule has 112 valence electrons. The van der Waals surface area contributed by atoms with Gasteiger partial charge in [-0.3, -0.25) is 9.78 Å². The van der Waals surface area contributed by atoms with Crippen molar-refractivity contribution >= 4 is 15.6 Å². The molecule has 1 rings (SSSR count). The van der Waals surface area contributed by atoms with Gasteiger partial charge in [-0.2, -0.15) is 0 Å². The van der Waals surface area contributed by atoms with E-state index in [-0.39, 0.29) is 23.1 Å². The number of aromatic nitrogens is 1. The first-order valence-corrected chi connectivity index (χ1v) is 8.27. The summed E-state index contributed by atoms with van der Waals surface area (Å²) in [6, 6.07) is 2.55. The van der Waals surface area contributed by atoms with E-state index in [1.54, 1.807) is 18.9 Å². The molecule has 0 aromatic carbocycles. The summed E-state index contributed by atoms with van der Waals surface area (Å²) >= 11 is 0. The van der Waals surface area contributed by atoms with E-state index in [0.717, 1.165) is 6.20 Å². The van der Waals surface area contributed by atoms with Crippen LogP contribution in [0, 0.1) is 11.7 Å². The number of carbonyl (C=O) groups excluding carboxylic acids is 1. The molecule has 0 fully saturated rings. The topological polar surface area (TPSA) is 67.3 Å². The average molecular weight is 302 g/mol. The highest BCUT2D eigenvalue weighted by atomic mass is 32.2. The predicted molar refractivity (Wildman–Crippen MR) is 74.9 cm³/mol. The Morgan fingerprint density at radius 1 is 1.45 bits per heavy atom. The standard InChI is InChI=1S/C13H19FN2O3S/c1-10(9-16(2)6-7-20(3,18)19)13(17)12-5-4-11(14)8-15-12/h4-5,8,10H,6-7,9H2,1-3H3. The van der Waals surface area contributed by atoms with E-state index >= 15 is 0 Å². The van der Waals surface area contributed by atoms with Crippen LogP contribution >= 0.6 is 0 Å². The molecule has 0 aliphatic rings. The second kappa shape index (κ2) is 6.90. The van der Waals surface area contributed by atoms with Crippen LogP contribution in [0.1, 0.15) is 17.4 Å². The van der Waals surface area contributed by atoms with Gasteiger partial charge in [0.2, 0.25) is 0 Å². The third-order valence-electron chi connectivity index (χ3n) is 2.86. The monoisotopic (exact) mass is 302 g/mol. The number of pyridine rings is 1. The van der Waals surface area contributed by atoms with Gasteiger partial charge in [0.1, 0.15) is 21.3 Å². The molecule has 0 saturated carbocycles. The van der Waals surface area contributed by atoms with Gasteiger partial charge in [-0.25, -0.2) is 12.8 Å². The lowest BCUT2D eigenvalue weighted by Crippen LogP contribution is -2.32. The Morgan fingerprint density at radius 3 is 2.60 bits per heavy atom. The van der Waals surface area contributed by atoms with Gasteiger partial charge in [-0.1, -0.05) is 6.92 Å². The zero-order valence-electron chi connectivity index (χ0n) is 11.8. The molecule has 1 heterocycles. The van der Waals surface area contributed by atoms with Crippen molar-refractivity contribution < 1.29 is 17.6 Å². The molecule has 0 aliphatic carbocycles. The van der Waals surface area contributed by atoms with Gasteiger partial charge >= 0.3 is 0 Å². The maximum absolute atomic E-state index is 12.7. The van der Waals surface area contributed by atoms with Crippen LogP contribution in [0.15, 0.2) is 18.3 Å². The number of Topliss-reactive ketones (excluding diaryl/α,β-unsaturated/α-hetero) is 1. The second-order valence-corrected chi connectivity index (χ2v) is 7.28. The van der Waals surface area contributed by atoms with Crippen molar-refractivity contribution in [2.24, 2.45) is 5.92 Å². The predicted octanol–water partition coefficient (Wildman–Crippen LogP) is 1.02. The number of rotatable bonds is 7. The van der Waals surface area contributed by atoms with Gasteiger partial charge in [-0.15, -0.1) is 0 Å². The van der Waals surface area contributed by atoms with Crippen LogP contribution < -0.4 is 0 Å². The highest BCUT2D eigenvalue weighted by Gasteiger charge is 2.18. The molecule has 1 atom stereocenters. The number of nitrogens with zero attached hydrogens (tertiary/aromatic N) is 2. The van der Waals surface area contributed by atoms with Gasteiger partial charge in [-0.05, 0) is 19.2 Å². The molecule has 0 radical (unpaired) electrons. The van der Waals surface area contributed by atoms with Crippen molar-refractivity contribution in [3.8, 4) is 0 Å². The molecule has 1 aromatic rings. The first-order chi connectivity index (χ1) is 9.19. The molecule has 0 aliphatic heterocycles. The fourth-order valence-corrected chi connectivity index (χ4v) is 2.38. The van der Waals surface area contributed by atoms with Crippen molar-refractivity contribution in [1.29, 1.82) is 0 Å². The smallest absolute Gasteiger partial charge is 0.185 e. The van der Waals surface area contributed by atoms with E-state index in [9.17, 15) is 17.6 Å². The number of carbonyl (C=O) groups is 1. The van der Waals surface area contributed by atoms with Crippen LogP contribution in [0.25, 0.3) is 0 Å². The summed E-state index contributed by atoms with van der Waals surface area (Å²) in [7, 11) is -1.26. The third-order valence-corrected chi connectivity index (χ3v) is 3.78. The van der Waals surface area contributed by atoms with Crippen molar-refractivity contribution in [3.63, 3.8) is 0 Å². The largest absolute Gasteiger partial charge is 0.305 e. The fourth-order valence-electron chi connectivity index (χ4n) is 1.74. The second-order valence-electron chi connectivity index (χ2n) is 5.02. The average Bonchev–Trinajstić information content (AvgIpc) is 2.35. The minimum atomic E-state index is -3.01. The van der Waals surface area contributed by atoms with Crippen molar-refractivity contribution in [2.75, 3.05) is 32.1 Å². The summed E-state index contributed by atoms with van der Waals surface area (Å²) in [5.74, 6) is -0.952. The summed E-state index contributed by atoms with van der Waals surface area (Å²) in [5, 5.41) is 0. The van der Waals surface area contributed by atoms with Crippen LogP contribution in [0.4, 0.5) is 4.39 Å². The quantitative estimate of drug-likeness (QED) is 0.703. The molecule has 1 aromatic heterocycles. The molecule has 7 heteroatoms. The maximum Gasteiger partial charge on any atom is 0.185 e. The van der Waals surface area contributed by atoms with E-state index < -0.39 is 15.7 Å². The molecule has 5 nitrogen and oxygen atoms in total. The van der Waals surface area contributed by atoms with Crippen molar-refractivity contribution in [1.82, 2.24) is 9.88 Å². The van der Waals surface area contributed by atoms with Gasteiger partial charge in [0, 0.05) is 25.3 Å². The molecule has 20 heavy (non-hydrogen) atoms. The summed E-state index contributed by atoms with van der Waals surface area (Å²) in [5.41, 5.74) is 0.218. The molecular formula is C13H19FN2O3S. The Balaban J connectivity index is 2.55. The van der Waals surface area contributed by atoms with Crippen LogP contribution in [0.2, 0.25) is 0 Å². The van der Waals surface area contributed by atoms with Gasteiger partial charge in [0.05, 0.1) is 11.9 Å². The normalized spacial score (nSPS) is 13.4. The van der Waals surface area contributed by atoms with E-state index in [1.807, 2.05) is 0 Å². The van der Waals surface area contributed by atoms with Gasteiger partial charge < -0.3 is 4.90 Å². The lowest BCUT2D eigenvalue weighted by molar-refractivity contribution is 0.0900. The van der Waals surface area contributed by atoms with Crippen LogP contribution in [-0.4, -0.2) is 56.2 Å². The van der Waals surface area contributed by atoms with Crippen LogP contribution in [-0.2, 0) is 9.84 Å². The highest BCUT2D eigenvalue weighted by Crippen LogP contribution is 2.08. The number of halogens is 1. The Bertz CT molecular complexity index is 557. The Labute approximate surface area is 118 Å². The van der Waals surface area contributed by atoms with E-state index in [0.29, 0.717) is 13.1 Å². The van der Waals surface area contributed by atoms with E-state index in [1.165, 1.54) is 18.4 Å². The lowest BCUT2D eigenvalue weighted by Gasteiger charge is -2.19. The first-order valence-electron chi connectivity index (χ1n) is 6.21. The zero-order valence-corrected chi connectivity index (χ0v) is 12.7. The molecular weight excluding hydrogens is 283 g/mol. The lowest BCUT2D eigenvalue weighted by atomic mass is 10.0. The van der Waals surface area contributed by atoms with Crippen molar-refractivity contribution in [3.05, 3.63) is 29.8 Å². The molecule has 0 amide bonds. The number of ketones is 1. The summed E-state index contributed by atoms with van der Waals surface area (Å²) < 4.78 is 34.9. The number of sulfone groups is 1. The molecule has 0 bridgehead atoms. The van der Waals surface area contributed by atoms with Gasteiger partial charge in [0.25, 0.3) is 0 Å². The zero-order chi connectivity index (χ0) is 15.3. The molecule has 0 saturated heterocycles. The van der Waals surface area contributed by atoms with Gasteiger partial charge in [0.15, 0.2) is 5.78 Å². The van der Waals surface area contributed by atoms with Crippen LogP contribution in [0.5, 0.6) is 0 Å². The number of hydrogen-bond donors (Lipinski definition) is 0. The minimum absolute atomic E-state index is 0.0548. The Kier molecular flexibility index (Phi) is 5.76. The van der Waals surface area contributed by atoms with E-state index in [4.69, 9.17) is 0 Å². The first kappa shape index (κ1) is 16.7. The van der Waals surface area contributed by atoms with Crippen molar-refractivity contribution in [2.45, 2.75) is 6.92 Å². The Hall–Kier alpha value is -1.34. The summed E-state index contributed by atoms with van der Waals surface area (Å²) in [4.78, 5) is 17.6.